The number of methoxy groups -OCH3 is 1. The van der Waals surface area contributed by atoms with Gasteiger partial charge in [0.2, 0.25) is 0 Å². The maximum absolute atomic E-state index is 8.97. The number of anilines is 2. The summed E-state index contributed by atoms with van der Waals surface area (Å²) in [7, 11) is 1.63. The van der Waals surface area contributed by atoms with Crippen LogP contribution in [0, 0.1) is 6.92 Å². The van der Waals surface area contributed by atoms with Gasteiger partial charge in [0.15, 0.2) is 0 Å². The maximum Gasteiger partial charge on any atom is 0.0664 e. The molecule has 17 heavy (non-hydrogen) atoms. The van der Waals surface area contributed by atoms with Crippen LogP contribution in [0.15, 0.2) is 12.1 Å². The monoisotopic (exact) mass is 258 g/mol. The van der Waals surface area contributed by atoms with E-state index in [0.29, 0.717) is 23.7 Å². The Balaban J connectivity index is 2.81. The fourth-order valence-corrected chi connectivity index (χ4v) is 1.80. The van der Waals surface area contributed by atoms with Gasteiger partial charge in [-0.15, -0.1) is 0 Å². The van der Waals surface area contributed by atoms with Crippen LogP contribution in [0.25, 0.3) is 0 Å². The normalized spacial score (nSPS) is 12.5. The predicted octanol–water partition coefficient (Wildman–Crippen LogP) is 2.04. The SMILES string of the molecule is COCC(CCO)Nc1cc(Cl)c(N)cc1C. The number of halogens is 1. The number of aliphatic hydroxyl groups is 1. The van der Waals surface area contributed by atoms with Gasteiger partial charge in [0.05, 0.1) is 23.4 Å². The lowest BCUT2D eigenvalue weighted by atomic mass is 10.1. The summed E-state index contributed by atoms with van der Waals surface area (Å²) in [5.74, 6) is 0. The van der Waals surface area contributed by atoms with Gasteiger partial charge >= 0.3 is 0 Å². The van der Waals surface area contributed by atoms with Crippen molar-refractivity contribution in [3.63, 3.8) is 0 Å². The van der Waals surface area contributed by atoms with Crippen molar-refractivity contribution in [3.8, 4) is 0 Å². The molecule has 0 fully saturated rings. The van der Waals surface area contributed by atoms with Crippen LogP contribution >= 0.6 is 11.6 Å². The molecule has 1 atom stereocenters. The van der Waals surface area contributed by atoms with Crippen LogP contribution in [0.1, 0.15) is 12.0 Å². The van der Waals surface area contributed by atoms with Crippen LogP contribution in [0.4, 0.5) is 11.4 Å². The summed E-state index contributed by atoms with van der Waals surface area (Å²) in [6.45, 7) is 2.60. The van der Waals surface area contributed by atoms with E-state index in [1.165, 1.54) is 0 Å². The first kappa shape index (κ1) is 14.1. The molecular weight excluding hydrogens is 240 g/mol. The number of hydrogen-bond acceptors (Lipinski definition) is 4. The largest absolute Gasteiger partial charge is 0.398 e. The zero-order valence-corrected chi connectivity index (χ0v) is 10.9. The Morgan fingerprint density at radius 2 is 2.24 bits per heavy atom. The van der Waals surface area contributed by atoms with Gasteiger partial charge < -0.3 is 20.9 Å². The third kappa shape index (κ3) is 4.07. The number of ether oxygens (including phenoxy) is 1. The summed E-state index contributed by atoms with van der Waals surface area (Å²) in [5, 5.41) is 12.8. The maximum atomic E-state index is 8.97. The van der Waals surface area contributed by atoms with E-state index in [1.54, 1.807) is 13.2 Å². The van der Waals surface area contributed by atoms with Crippen molar-refractivity contribution in [2.45, 2.75) is 19.4 Å². The molecule has 4 N–H and O–H groups in total. The first-order valence-electron chi connectivity index (χ1n) is 5.50. The molecule has 0 saturated carbocycles. The standard InChI is InChI=1S/C12H19ClN2O2/c1-8-5-11(14)10(13)6-12(8)15-9(3-4-16)7-17-2/h5-6,9,15-16H,3-4,7,14H2,1-2H3. The summed E-state index contributed by atoms with van der Waals surface area (Å²) in [4.78, 5) is 0. The topological polar surface area (TPSA) is 67.5 Å². The molecule has 0 aromatic heterocycles. The van der Waals surface area contributed by atoms with E-state index in [9.17, 15) is 0 Å². The summed E-state index contributed by atoms with van der Waals surface area (Å²) >= 11 is 5.98. The second kappa shape index (κ2) is 6.69. The Bertz CT molecular complexity index is 366. The molecule has 0 aliphatic carbocycles. The number of nitrogens with one attached hydrogen (secondary N) is 1. The van der Waals surface area contributed by atoms with Gasteiger partial charge in [-0.05, 0) is 31.0 Å². The van der Waals surface area contributed by atoms with Gasteiger partial charge in [-0.1, -0.05) is 11.6 Å². The molecule has 1 aromatic carbocycles. The summed E-state index contributed by atoms with van der Waals surface area (Å²) in [5.41, 5.74) is 8.22. The molecule has 0 radical (unpaired) electrons. The van der Waals surface area contributed by atoms with E-state index in [0.717, 1.165) is 11.3 Å². The molecule has 0 saturated heterocycles. The minimum Gasteiger partial charge on any atom is -0.398 e. The van der Waals surface area contributed by atoms with E-state index in [2.05, 4.69) is 5.32 Å². The second-order valence-corrected chi connectivity index (χ2v) is 4.40. The first-order valence-corrected chi connectivity index (χ1v) is 5.88. The minimum absolute atomic E-state index is 0.0587. The lowest BCUT2D eigenvalue weighted by Crippen LogP contribution is -2.26. The molecule has 1 unspecified atom stereocenters. The van der Waals surface area contributed by atoms with Crippen LogP contribution in [0.5, 0.6) is 0 Å². The van der Waals surface area contributed by atoms with Crippen molar-refractivity contribution < 1.29 is 9.84 Å². The molecule has 0 spiro atoms. The zero-order valence-electron chi connectivity index (χ0n) is 10.2. The second-order valence-electron chi connectivity index (χ2n) is 4.00. The van der Waals surface area contributed by atoms with Crippen LogP contribution in [-0.2, 0) is 4.74 Å². The van der Waals surface area contributed by atoms with Crippen molar-refractivity contribution in [1.29, 1.82) is 0 Å². The Morgan fingerprint density at radius 3 is 2.82 bits per heavy atom. The van der Waals surface area contributed by atoms with Crippen LogP contribution in [0.3, 0.4) is 0 Å². The van der Waals surface area contributed by atoms with Crippen molar-refractivity contribution in [3.05, 3.63) is 22.7 Å². The van der Waals surface area contributed by atoms with E-state index in [1.807, 2.05) is 13.0 Å². The van der Waals surface area contributed by atoms with Gasteiger partial charge in [-0.2, -0.15) is 0 Å². The molecule has 0 heterocycles. The van der Waals surface area contributed by atoms with Gasteiger partial charge in [0.25, 0.3) is 0 Å². The molecule has 1 aromatic rings. The average molecular weight is 259 g/mol. The third-order valence-electron chi connectivity index (χ3n) is 2.55. The summed E-state index contributed by atoms with van der Waals surface area (Å²) < 4.78 is 5.09. The fourth-order valence-electron chi connectivity index (χ4n) is 1.63. The van der Waals surface area contributed by atoms with Crippen molar-refractivity contribution >= 4 is 23.0 Å². The number of aryl methyl sites for hydroxylation is 1. The van der Waals surface area contributed by atoms with Gasteiger partial charge in [0, 0.05) is 19.4 Å². The Kier molecular flexibility index (Phi) is 5.55. The molecule has 1 rings (SSSR count). The predicted molar refractivity (Wildman–Crippen MR) is 71.6 cm³/mol. The van der Waals surface area contributed by atoms with Crippen LogP contribution < -0.4 is 11.1 Å². The highest BCUT2D eigenvalue weighted by molar-refractivity contribution is 6.33. The molecule has 96 valence electrons. The highest BCUT2D eigenvalue weighted by Gasteiger charge is 2.10. The summed E-state index contributed by atoms with van der Waals surface area (Å²) in [6, 6.07) is 3.68. The van der Waals surface area contributed by atoms with E-state index < -0.39 is 0 Å². The van der Waals surface area contributed by atoms with Crippen LogP contribution in [0.2, 0.25) is 5.02 Å². The van der Waals surface area contributed by atoms with Crippen molar-refractivity contribution in [2.24, 2.45) is 0 Å². The lowest BCUT2D eigenvalue weighted by molar-refractivity contribution is 0.170. The minimum atomic E-state index is 0.0587. The molecule has 0 aliphatic heterocycles. The Hall–Kier alpha value is -0.970. The smallest absolute Gasteiger partial charge is 0.0664 e. The van der Waals surface area contributed by atoms with Gasteiger partial charge in [-0.25, -0.2) is 0 Å². The summed E-state index contributed by atoms with van der Waals surface area (Å²) in [6.07, 6.45) is 0.620. The number of aliphatic hydroxyl groups excluding tert-OH is 1. The van der Waals surface area contributed by atoms with Crippen molar-refractivity contribution in [1.82, 2.24) is 0 Å². The zero-order chi connectivity index (χ0) is 12.8. The van der Waals surface area contributed by atoms with E-state index >= 15 is 0 Å². The fraction of sp³-hybridized carbons (Fsp3) is 0.500. The molecular formula is C12H19ClN2O2. The van der Waals surface area contributed by atoms with Crippen molar-refractivity contribution in [2.75, 3.05) is 31.4 Å². The Labute approximate surface area is 107 Å². The van der Waals surface area contributed by atoms with E-state index in [4.69, 9.17) is 27.2 Å². The molecule has 5 heteroatoms. The molecule has 0 aliphatic rings. The van der Waals surface area contributed by atoms with Gasteiger partial charge in [-0.3, -0.25) is 0 Å². The number of nitrogen functional groups attached to an aromatic ring is 1. The Morgan fingerprint density at radius 1 is 1.53 bits per heavy atom. The highest BCUT2D eigenvalue weighted by Crippen LogP contribution is 2.27. The number of nitrogens with two attached hydrogens (primary N) is 1. The first-order chi connectivity index (χ1) is 8.08. The number of rotatable bonds is 6. The highest BCUT2D eigenvalue weighted by atomic mass is 35.5. The lowest BCUT2D eigenvalue weighted by Gasteiger charge is -2.20. The number of benzene rings is 1. The van der Waals surface area contributed by atoms with Crippen LogP contribution in [-0.4, -0.2) is 31.5 Å². The number of hydrogen-bond donors (Lipinski definition) is 3. The molecule has 4 nitrogen and oxygen atoms in total. The molecule has 0 bridgehead atoms. The van der Waals surface area contributed by atoms with Gasteiger partial charge in [0.1, 0.15) is 0 Å². The quantitative estimate of drug-likeness (QED) is 0.683. The average Bonchev–Trinajstić information content (AvgIpc) is 2.26. The third-order valence-corrected chi connectivity index (χ3v) is 2.88. The molecule has 0 amide bonds. The van der Waals surface area contributed by atoms with E-state index in [-0.39, 0.29) is 12.6 Å².